The Morgan fingerprint density at radius 1 is 1.50 bits per heavy atom. The van der Waals surface area contributed by atoms with Crippen LogP contribution >= 0.6 is 0 Å². The largest absolute Gasteiger partial charge is 0.291 e. The summed E-state index contributed by atoms with van der Waals surface area (Å²) >= 11 is 0. The number of hydrogen-bond donors (Lipinski definition) is 1. The van der Waals surface area contributed by atoms with E-state index in [0.717, 1.165) is 0 Å². The molecule has 0 amide bonds. The van der Waals surface area contributed by atoms with Gasteiger partial charge in [-0.15, -0.1) is 0 Å². The first-order valence-electron chi connectivity index (χ1n) is 5.48. The van der Waals surface area contributed by atoms with Gasteiger partial charge in [-0.1, -0.05) is 31.7 Å². The third-order valence-corrected chi connectivity index (χ3v) is 4.34. The molecular formula is C13H17FO3S. The highest BCUT2D eigenvalue weighted by Gasteiger charge is 2.37. The van der Waals surface area contributed by atoms with Crippen molar-refractivity contribution in [3.8, 4) is 0 Å². The van der Waals surface area contributed by atoms with Crippen molar-refractivity contribution >= 4 is 10.1 Å². The predicted octanol–water partition coefficient (Wildman–Crippen LogP) is 3.19. The predicted molar refractivity (Wildman–Crippen MR) is 70.3 cm³/mol. The minimum absolute atomic E-state index is 0.279. The fourth-order valence-corrected chi connectivity index (χ4v) is 3.51. The van der Waals surface area contributed by atoms with Crippen molar-refractivity contribution in [2.75, 3.05) is 0 Å². The van der Waals surface area contributed by atoms with Gasteiger partial charge in [0.2, 0.25) is 0 Å². The first-order chi connectivity index (χ1) is 8.12. The van der Waals surface area contributed by atoms with E-state index in [1.807, 2.05) is 0 Å². The highest BCUT2D eigenvalue weighted by molar-refractivity contribution is 7.89. The van der Waals surface area contributed by atoms with Gasteiger partial charge in [0.25, 0.3) is 10.1 Å². The number of hydrogen-bond acceptors (Lipinski definition) is 2. The van der Waals surface area contributed by atoms with Crippen molar-refractivity contribution < 1.29 is 17.4 Å². The average Bonchev–Trinajstić information content (AvgIpc) is 2.20. The molecule has 3 nitrogen and oxygen atoms in total. The SMILES string of the molecule is C=CC1=C(C(=C)C)C(C)=C(S(=O)(=O)O)C(C)C1F. The second kappa shape index (κ2) is 4.82. The maximum Gasteiger partial charge on any atom is 0.291 e. The van der Waals surface area contributed by atoms with E-state index in [0.29, 0.717) is 22.3 Å². The van der Waals surface area contributed by atoms with Crippen LogP contribution in [0.25, 0.3) is 0 Å². The molecule has 1 aliphatic carbocycles. The molecule has 0 aromatic carbocycles. The minimum atomic E-state index is -4.43. The van der Waals surface area contributed by atoms with Crippen LogP contribution in [-0.2, 0) is 10.1 Å². The summed E-state index contributed by atoms with van der Waals surface area (Å²) in [7, 11) is -4.43. The number of rotatable bonds is 3. The zero-order valence-corrected chi connectivity index (χ0v) is 11.5. The molecule has 1 rings (SSSR count). The van der Waals surface area contributed by atoms with Gasteiger partial charge >= 0.3 is 0 Å². The highest BCUT2D eigenvalue weighted by atomic mass is 32.2. The molecule has 1 aliphatic rings. The second-order valence-electron chi connectivity index (χ2n) is 4.47. The van der Waals surface area contributed by atoms with Crippen molar-refractivity contribution in [2.45, 2.75) is 26.9 Å². The van der Waals surface area contributed by atoms with Crippen LogP contribution in [0.2, 0.25) is 0 Å². The third kappa shape index (κ3) is 2.33. The average molecular weight is 272 g/mol. The van der Waals surface area contributed by atoms with Crippen LogP contribution in [0.4, 0.5) is 4.39 Å². The monoisotopic (exact) mass is 272 g/mol. The van der Waals surface area contributed by atoms with Gasteiger partial charge in [-0.2, -0.15) is 8.42 Å². The summed E-state index contributed by atoms with van der Waals surface area (Å²) in [5.41, 5.74) is 1.61. The van der Waals surface area contributed by atoms with Gasteiger partial charge in [0, 0.05) is 5.92 Å². The Hall–Kier alpha value is -1.20. The van der Waals surface area contributed by atoms with Crippen LogP contribution in [0.3, 0.4) is 0 Å². The number of alkyl halides is 1. The van der Waals surface area contributed by atoms with E-state index in [1.165, 1.54) is 13.0 Å². The van der Waals surface area contributed by atoms with E-state index in [1.54, 1.807) is 13.8 Å². The summed E-state index contributed by atoms with van der Waals surface area (Å²) in [6.45, 7) is 11.9. The van der Waals surface area contributed by atoms with Crippen LogP contribution < -0.4 is 0 Å². The van der Waals surface area contributed by atoms with E-state index in [2.05, 4.69) is 13.2 Å². The molecule has 2 atom stereocenters. The zero-order chi connectivity index (χ0) is 14.2. The first-order valence-corrected chi connectivity index (χ1v) is 6.92. The quantitative estimate of drug-likeness (QED) is 0.803. The number of halogens is 1. The zero-order valence-electron chi connectivity index (χ0n) is 10.7. The van der Waals surface area contributed by atoms with Gasteiger partial charge in [0.1, 0.15) is 6.17 Å². The molecule has 100 valence electrons. The van der Waals surface area contributed by atoms with Crippen molar-refractivity contribution in [3.05, 3.63) is 46.4 Å². The lowest BCUT2D eigenvalue weighted by Gasteiger charge is -2.30. The van der Waals surface area contributed by atoms with Crippen molar-refractivity contribution in [1.29, 1.82) is 0 Å². The summed E-state index contributed by atoms with van der Waals surface area (Å²) in [4.78, 5) is -0.279. The lowest BCUT2D eigenvalue weighted by atomic mass is 9.82. The summed E-state index contributed by atoms with van der Waals surface area (Å²) in [6, 6.07) is 0. The fourth-order valence-electron chi connectivity index (χ4n) is 2.43. The van der Waals surface area contributed by atoms with Gasteiger partial charge in [0.05, 0.1) is 4.91 Å². The lowest BCUT2D eigenvalue weighted by Crippen LogP contribution is -2.28. The van der Waals surface area contributed by atoms with Crippen LogP contribution in [0.1, 0.15) is 20.8 Å². The van der Waals surface area contributed by atoms with Crippen LogP contribution in [0, 0.1) is 5.92 Å². The summed E-state index contributed by atoms with van der Waals surface area (Å²) in [5, 5.41) is 0. The Labute approximate surface area is 107 Å². The van der Waals surface area contributed by atoms with Gasteiger partial charge in [-0.25, -0.2) is 4.39 Å². The van der Waals surface area contributed by atoms with E-state index < -0.39 is 22.2 Å². The maximum absolute atomic E-state index is 14.2. The topological polar surface area (TPSA) is 54.4 Å². The molecular weight excluding hydrogens is 255 g/mol. The van der Waals surface area contributed by atoms with E-state index >= 15 is 0 Å². The standard InChI is InChI=1S/C13H17FO3S/c1-6-10-11(7(2)3)8(4)13(18(15,16)17)9(5)12(10)14/h6,9,12H,1-2H2,3-5H3,(H,15,16,17). The van der Waals surface area contributed by atoms with Gasteiger partial charge in [0.15, 0.2) is 0 Å². The molecule has 0 spiro atoms. The molecule has 1 N–H and O–H groups in total. The third-order valence-electron chi connectivity index (χ3n) is 3.11. The maximum atomic E-state index is 14.2. The first kappa shape index (κ1) is 14.9. The van der Waals surface area contributed by atoms with Crippen molar-refractivity contribution in [1.82, 2.24) is 0 Å². The molecule has 0 aromatic rings. The van der Waals surface area contributed by atoms with Gasteiger partial charge < -0.3 is 0 Å². The summed E-state index contributed by atoms with van der Waals surface area (Å²) < 4.78 is 46.2. The molecule has 0 fully saturated rings. The van der Waals surface area contributed by atoms with Crippen molar-refractivity contribution in [2.24, 2.45) is 5.92 Å². The fraction of sp³-hybridized carbons (Fsp3) is 0.385. The molecule has 2 unspecified atom stereocenters. The molecule has 0 heterocycles. The van der Waals surface area contributed by atoms with Crippen LogP contribution in [-0.4, -0.2) is 19.1 Å². The molecule has 0 radical (unpaired) electrons. The van der Waals surface area contributed by atoms with Gasteiger partial charge in [-0.3, -0.25) is 4.55 Å². The van der Waals surface area contributed by atoms with Crippen LogP contribution in [0.5, 0.6) is 0 Å². The van der Waals surface area contributed by atoms with E-state index in [4.69, 9.17) is 0 Å². The molecule has 0 saturated carbocycles. The molecule has 0 bridgehead atoms. The Balaban J connectivity index is 3.72. The molecule has 5 heteroatoms. The lowest BCUT2D eigenvalue weighted by molar-refractivity contribution is 0.311. The Bertz CT molecular complexity index is 567. The Morgan fingerprint density at radius 3 is 2.33 bits per heavy atom. The van der Waals surface area contributed by atoms with Gasteiger partial charge in [-0.05, 0) is 30.6 Å². The summed E-state index contributed by atoms with van der Waals surface area (Å²) in [6.07, 6.45) is -0.148. The Morgan fingerprint density at radius 2 is 2.00 bits per heavy atom. The van der Waals surface area contributed by atoms with E-state index in [9.17, 15) is 17.4 Å². The minimum Gasteiger partial charge on any atom is -0.282 e. The van der Waals surface area contributed by atoms with E-state index in [-0.39, 0.29) is 4.91 Å². The summed E-state index contributed by atoms with van der Waals surface area (Å²) in [5.74, 6) is -0.934. The smallest absolute Gasteiger partial charge is 0.282 e. The Kier molecular flexibility index (Phi) is 3.98. The van der Waals surface area contributed by atoms with Crippen LogP contribution in [0.15, 0.2) is 46.4 Å². The molecule has 0 aromatic heterocycles. The second-order valence-corrected chi connectivity index (χ2v) is 5.86. The molecule has 18 heavy (non-hydrogen) atoms. The molecule has 0 aliphatic heterocycles. The van der Waals surface area contributed by atoms with Crippen molar-refractivity contribution in [3.63, 3.8) is 0 Å². The molecule has 0 saturated heterocycles. The normalized spacial score (nSPS) is 25.4. The highest BCUT2D eigenvalue weighted by Crippen LogP contribution is 2.41. The number of allylic oxidation sites excluding steroid dienone is 6.